The normalized spacial score (nSPS) is 14.4. The lowest BCUT2D eigenvalue weighted by atomic mass is 10.1. The molecule has 1 amide bonds. The number of nitrogens with one attached hydrogen (secondary N) is 1. The average Bonchev–Trinajstić information content (AvgIpc) is 3.07. The summed E-state index contributed by atoms with van der Waals surface area (Å²) in [5, 5.41) is 5.13. The van der Waals surface area contributed by atoms with Gasteiger partial charge in [-0.3, -0.25) is 4.79 Å². The fraction of sp³-hybridized carbons (Fsp3) is 0.333. The molecule has 1 aliphatic heterocycles. The summed E-state index contributed by atoms with van der Waals surface area (Å²) in [7, 11) is 0. The molecule has 0 radical (unpaired) electrons. The molecule has 0 aliphatic carbocycles. The van der Waals surface area contributed by atoms with Gasteiger partial charge in [0.25, 0.3) is 0 Å². The first-order valence-corrected chi connectivity index (χ1v) is 9.02. The number of hydrogen-bond donors (Lipinski definition) is 2. The molecular formula is C18H22N4OS. The minimum absolute atomic E-state index is 0.0129. The van der Waals surface area contributed by atoms with E-state index in [-0.39, 0.29) is 18.4 Å². The molecule has 0 saturated heterocycles. The quantitative estimate of drug-likeness (QED) is 0.663. The van der Waals surface area contributed by atoms with E-state index < -0.39 is 0 Å². The summed E-state index contributed by atoms with van der Waals surface area (Å²) in [5.41, 5.74) is 9.28. The van der Waals surface area contributed by atoms with Crippen molar-refractivity contribution in [1.29, 1.82) is 0 Å². The van der Waals surface area contributed by atoms with Gasteiger partial charge in [0.1, 0.15) is 6.54 Å². The second-order valence-corrected chi connectivity index (χ2v) is 6.82. The number of benzene rings is 1. The molecule has 1 aromatic heterocycles. The fourth-order valence-corrected chi connectivity index (χ4v) is 3.66. The number of nitrogens with zero attached hydrogens (tertiary/aromatic N) is 2. The minimum Gasteiger partial charge on any atom is -0.370 e. The van der Waals surface area contributed by atoms with Crippen molar-refractivity contribution >= 4 is 28.9 Å². The van der Waals surface area contributed by atoms with E-state index in [0.29, 0.717) is 6.54 Å². The van der Waals surface area contributed by atoms with Gasteiger partial charge in [0.2, 0.25) is 5.91 Å². The summed E-state index contributed by atoms with van der Waals surface area (Å²) in [6.07, 6.45) is 1.89. The van der Waals surface area contributed by atoms with E-state index in [2.05, 4.69) is 34.7 Å². The lowest BCUT2D eigenvalue weighted by Gasteiger charge is -2.26. The summed E-state index contributed by atoms with van der Waals surface area (Å²) in [6.45, 7) is 3.62. The third-order valence-electron chi connectivity index (χ3n) is 4.15. The van der Waals surface area contributed by atoms with E-state index >= 15 is 0 Å². The van der Waals surface area contributed by atoms with Gasteiger partial charge < -0.3 is 16.0 Å². The molecule has 2 heterocycles. The first-order valence-electron chi connectivity index (χ1n) is 8.14. The van der Waals surface area contributed by atoms with Crippen LogP contribution in [-0.4, -0.2) is 29.9 Å². The van der Waals surface area contributed by atoms with Crippen molar-refractivity contribution in [2.24, 2.45) is 10.7 Å². The number of aliphatic imine (C=N–C) groups is 1. The first kappa shape index (κ1) is 16.5. The van der Waals surface area contributed by atoms with Crippen LogP contribution in [0.25, 0.3) is 0 Å². The third-order valence-corrected chi connectivity index (χ3v) is 5.18. The maximum Gasteiger partial charge on any atom is 0.244 e. The molecule has 0 bridgehead atoms. The van der Waals surface area contributed by atoms with Gasteiger partial charge in [-0.2, -0.15) is 0 Å². The smallest absolute Gasteiger partial charge is 0.244 e. The number of hydrogen-bond acceptors (Lipinski definition) is 3. The Bertz CT molecular complexity index is 753. The van der Waals surface area contributed by atoms with Crippen LogP contribution in [-0.2, 0) is 24.2 Å². The molecule has 2 aromatic rings. The third kappa shape index (κ3) is 3.94. The molecule has 6 heteroatoms. The number of guanidine groups is 1. The minimum atomic E-state index is 0.0129. The van der Waals surface area contributed by atoms with E-state index in [4.69, 9.17) is 5.73 Å². The standard InChI is InChI=1S/C18H22N4OS/c1-2-13-4-3-5-15(10-13)21-18(19)20-11-17(23)22-8-6-16-14(12-22)7-9-24-16/h3-5,7,9-10H,2,6,8,11-12H2,1H3,(H3,19,20,21). The van der Waals surface area contributed by atoms with Gasteiger partial charge >= 0.3 is 0 Å². The average molecular weight is 342 g/mol. The fourth-order valence-electron chi connectivity index (χ4n) is 2.77. The first-order chi connectivity index (χ1) is 11.7. The van der Waals surface area contributed by atoms with E-state index in [0.717, 1.165) is 25.1 Å². The predicted octanol–water partition coefficient (Wildman–Crippen LogP) is 2.62. The zero-order valence-electron chi connectivity index (χ0n) is 13.8. The second kappa shape index (κ2) is 7.49. The highest BCUT2D eigenvalue weighted by Crippen LogP contribution is 2.23. The number of carbonyl (C=O) groups excluding carboxylic acids is 1. The molecule has 1 aromatic carbocycles. The number of fused-ring (bicyclic) bond motifs is 1. The van der Waals surface area contributed by atoms with Gasteiger partial charge in [-0.15, -0.1) is 11.3 Å². The Kier molecular flexibility index (Phi) is 5.15. The molecule has 3 rings (SSSR count). The SMILES string of the molecule is CCc1cccc(NC(N)=NCC(=O)N2CCc3sccc3C2)c1. The zero-order chi connectivity index (χ0) is 16.9. The van der Waals surface area contributed by atoms with Crippen molar-refractivity contribution in [2.45, 2.75) is 26.3 Å². The molecular weight excluding hydrogens is 320 g/mol. The van der Waals surface area contributed by atoms with Crippen LogP contribution in [0.2, 0.25) is 0 Å². The Morgan fingerprint density at radius 2 is 2.29 bits per heavy atom. The number of carbonyl (C=O) groups is 1. The Labute approximate surface area is 146 Å². The van der Waals surface area contributed by atoms with Gasteiger partial charge in [-0.25, -0.2) is 4.99 Å². The molecule has 5 nitrogen and oxygen atoms in total. The molecule has 24 heavy (non-hydrogen) atoms. The monoisotopic (exact) mass is 342 g/mol. The number of rotatable bonds is 4. The van der Waals surface area contributed by atoms with Crippen molar-refractivity contribution in [3.05, 3.63) is 51.7 Å². The van der Waals surface area contributed by atoms with Crippen LogP contribution in [0.4, 0.5) is 5.69 Å². The molecule has 126 valence electrons. The van der Waals surface area contributed by atoms with Crippen LogP contribution in [0.3, 0.4) is 0 Å². The van der Waals surface area contributed by atoms with Crippen molar-refractivity contribution in [1.82, 2.24) is 4.90 Å². The lowest BCUT2D eigenvalue weighted by Crippen LogP contribution is -2.37. The van der Waals surface area contributed by atoms with Gasteiger partial charge in [0.05, 0.1) is 0 Å². The van der Waals surface area contributed by atoms with Gasteiger partial charge in [-0.05, 0) is 47.5 Å². The Morgan fingerprint density at radius 3 is 3.12 bits per heavy atom. The molecule has 0 unspecified atom stereocenters. The number of aryl methyl sites for hydroxylation is 1. The number of thiophene rings is 1. The largest absolute Gasteiger partial charge is 0.370 e. The van der Waals surface area contributed by atoms with Gasteiger partial charge in [-0.1, -0.05) is 19.1 Å². The van der Waals surface area contributed by atoms with Crippen molar-refractivity contribution in [2.75, 3.05) is 18.4 Å². The van der Waals surface area contributed by atoms with E-state index in [1.165, 1.54) is 16.0 Å². The van der Waals surface area contributed by atoms with Gasteiger partial charge in [0.15, 0.2) is 5.96 Å². The van der Waals surface area contributed by atoms with Crippen molar-refractivity contribution in [3.8, 4) is 0 Å². The maximum absolute atomic E-state index is 12.3. The second-order valence-electron chi connectivity index (χ2n) is 5.81. The molecule has 0 fully saturated rings. The Morgan fingerprint density at radius 1 is 1.42 bits per heavy atom. The van der Waals surface area contributed by atoms with Crippen LogP contribution in [0, 0.1) is 0 Å². The van der Waals surface area contributed by atoms with E-state index in [9.17, 15) is 4.79 Å². The summed E-state index contributed by atoms with van der Waals surface area (Å²) in [5.74, 6) is 0.281. The number of anilines is 1. The number of nitrogens with two attached hydrogens (primary N) is 1. The van der Waals surface area contributed by atoms with Gasteiger partial charge in [0, 0.05) is 23.7 Å². The molecule has 0 saturated carbocycles. The molecule has 3 N–H and O–H groups in total. The zero-order valence-corrected chi connectivity index (χ0v) is 14.6. The molecule has 0 spiro atoms. The van der Waals surface area contributed by atoms with E-state index in [1.54, 1.807) is 11.3 Å². The van der Waals surface area contributed by atoms with Crippen LogP contribution in [0.5, 0.6) is 0 Å². The number of amides is 1. The predicted molar refractivity (Wildman–Crippen MR) is 99.4 cm³/mol. The van der Waals surface area contributed by atoms with E-state index in [1.807, 2.05) is 23.1 Å². The Balaban J connectivity index is 1.55. The molecule has 1 aliphatic rings. The highest BCUT2D eigenvalue weighted by Gasteiger charge is 2.20. The Hall–Kier alpha value is -2.34. The summed E-state index contributed by atoms with van der Waals surface area (Å²) < 4.78 is 0. The summed E-state index contributed by atoms with van der Waals surface area (Å²) in [4.78, 5) is 19.8. The summed E-state index contributed by atoms with van der Waals surface area (Å²) in [6, 6.07) is 10.1. The van der Waals surface area contributed by atoms with Crippen LogP contribution in [0.1, 0.15) is 22.9 Å². The summed E-state index contributed by atoms with van der Waals surface area (Å²) >= 11 is 1.77. The lowest BCUT2D eigenvalue weighted by molar-refractivity contribution is -0.130. The highest BCUT2D eigenvalue weighted by atomic mass is 32.1. The maximum atomic E-state index is 12.3. The van der Waals surface area contributed by atoms with Crippen LogP contribution >= 0.6 is 11.3 Å². The van der Waals surface area contributed by atoms with Crippen LogP contribution < -0.4 is 11.1 Å². The van der Waals surface area contributed by atoms with Crippen molar-refractivity contribution < 1.29 is 4.79 Å². The van der Waals surface area contributed by atoms with Crippen LogP contribution in [0.15, 0.2) is 40.7 Å². The molecule has 0 atom stereocenters. The highest BCUT2D eigenvalue weighted by molar-refractivity contribution is 7.10. The topological polar surface area (TPSA) is 70.7 Å². The van der Waals surface area contributed by atoms with Crippen molar-refractivity contribution in [3.63, 3.8) is 0 Å².